The van der Waals surface area contributed by atoms with Crippen LogP contribution in [0.2, 0.25) is 0 Å². The molecule has 2 nitrogen and oxygen atoms in total. The molecule has 0 fully saturated rings. The zero-order valence-corrected chi connectivity index (χ0v) is 10.3. The lowest BCUT2D eigenvalue weighted by atomic mass is 10.1. The average molecular weight is 254 g/mol. The number of carbonyl (C=O) groups excluding carboxylic acids is 1. The second-order valence-corrected chi connectivity index (χ2v) is 5.11. The van der Waals surface area contributed by atoms with Crippen LogP contribution in [0, 0.1) is 0 Å². The van der Waals surface area contributed by atoms with Gasteiger partial charge in [0.1, 0.15) is 5.75 Å². The van der Waals surface area contributed by atoms with Gasteiger partial charge in [-0.2, -0.15) is 0 Å². The van der Waals surface area contributed by atoms with Gasteiger partial charge in [-0.15, -0.1) is 0 Å². The molecule has 0 aromatic heterocycles. The van der Waals surface area contributed by atoms with Crippen LogP contribution in [0.4, 0.5) is 0 Å². The van der Waals surface area contributed by atoms with Gasteiger partial charge < -0.3 is 5.11 Å². The largest absolute Gasteiger partial charge is 0.508 e. The van der Waals surface area contributed by atoms with E-state index in [2.05, 4.69) is 0 Å². The number of rotatable bonds is 1. The van der Waals surface area contributed by atoms with Crippen LogP contribution < -0.4 is 0 Å². The van der Waals surface area contributed by atoms with Crippen LogP contribution in [0.3, 0.4) is 0 Å². The molecule has 0 amide bonds. The van der Waals surface area contributed by atoms with Gasteiger partial charge in [0.2, 0.25) is 5.78 Å². The summed E-state index contributed by atoms with van der Waals surface area (Å²) in [5.41, 5.74) is 1.68. The van der Waals surface area contributed by atoms with Crippen LogP contribution in [0.25, 0.3) is 6.08 Å². The van der Waals surface area contributed by atoms with E-state index in [1.165, 1.54) is 11.8 Å². The summed E-state index contributed by atoms with van der Waals surface area (Å²) in [6.45, 7) is 0. The third kappa shape index (κ3) is 1.93. The van der Waals surface area contributed by atoms with Gasteiger partial charge in [0.05, 0.1) is 4.91 Å². The first-order chi connectivity index (χ1) is 8.74. The number of hydrogen-bond donors (Lipinski definition) is 1. The van der Waals surface area contributed by atoms with Gasteiger partial charge in [-0.3, -0.25) is 4.79 Å². The first-order valence-corrected chi connectivity index (χ1v) is 6.38. The molecule has 1 heterocycles. The highest BCUT2D eigenvalue weighted by molar-refractivity contribution is 8.04. The van der Waals surface area contributed by atoms with Gasteiger partial charge in [0, 0.05) is 10.5 Å². The monoisotopic (exact) mass is 254 g/mol. The van der Waals surface area contributed by atoms with E-state index in [9.17, 15) is 9.90 Å². The van der Waals surface area contributed by atoms with E-state index in [1.807, 2.05) is 30.3 Å². The number of fused-ring (bicyclic) bond motifs is 1. The zero-order chi connectivity index (χ0) is 12.5. The van der Waals surface area contributed by atoms with E-state index in [1.54, 1.807) is 24.3 Å². The molecule has 1 aliphatic rings. The fraction of sp³-hybridized carbons (Fsp3) is 0. The van der Waals surface area contributed by atoms with Gasteiger partial charge in [0.25, 0.3) is 0 Å². The van der Waals surface area contributed by atoms with Crippen molar-refractivity contribution >= 4 is 23.6 Å². The molecule has 0 atom stereocenters. The van der Waals surface area contributed by atoms with Crippen molar-refractivity contribution in [3.63, 3.8) is 0 Å². The van der Waals surface area contributed by atoms with Crippen molar-refractivity contribution in [2.45, 2.75) is 4.90 Å². The summed E-state index contributed by atoms with van der Waals surface area (Å²) in [6, 6.07) is 14.4. The Labute approximate surface area is 109 Å². The molecule has 3 rings (SSSR count). The molecule has 0 radical (unpaired) electrons. The maximum atomic E-state index is 12.1. The molecule has 0 bridgehead atoms. The summed E-state index contributed by atoms with van der Waals surface area (Å²) < 4.78 is 0. The minimum Gasteiger partial charge on any atom is -0.508 e. The molecular weight excluding hydrogens is 244 g/mol. The third-order valence-corrected chi connectivity index (χ3v) is 3.87. The first-order valence-electron chi connectivity index (χ1n) is 5.56. The quantitative estimate of drug-likeness (QED) is 0.788. The van der Waals surface area contributed by atoms with Crippen LogP contribution in [-0.4, -0.2) is 10.9 Å². The highest BCUT2D eigenvalue weighted by Crippen LogP contribution is 2.40. The van der Waals surface area contributed by atoms with E-state index in [0.29, 0.717) is 0 Å². The second kappa shape index (κ2) is 4.35. The highest BCUT2D eigenvalue weighted by Gasteiger charge is 2.24. The Morgan fingerprint density at radius 3 is 2.44 bits per heavy atom. The van der Waals surface area contributed by atoms with Gasteiger partial charge >= 0.3 is 0 Å². The topological polar surface area (TPSA) is 37.3 Å². The lowest BCUT2D eigenvalue weighted by molar-refractivity contribution is 0.104. The zero-order valence-electron chi connectivity index (χ0n) is 9.46. The van der Waals surface area contributed by atoms with E-state index in [-0.39, 0.29) is 11.5 Å². The van der Waals surface area contributed by atoms with Crippen molar-refractivity contribution in [1.29, 1.82) is 0 Å². The summed E-state index contributed by atoms with van der Waals surface area (Å²) >= 11 is 1.49. The maximum absolute atomic E-state index is 12.1. The number of allylic oxidation sites excluding steroid dienone is 1. The molecule has 0 aliphatic carbocycles. The number of benzene rings is 2. The minimum absolute atomic E-state index is 0.0728. The first kappa shape index (κ1) is 11.1. The van der Waals surface area contributed by atoms with E-state index < -0.39 is 0 Å². The van der Waals surface area contributed by atoms with Crippen molar-refractivity contribution < 1.29 is 9.90 Å². The number of hydrogen-bond acceptors (Lipinski definition) is 3. The molecule has 0 saturated carbocycles. The van der Waals surface area contributed by atoms with Crippen LogP contribution >= 0.6 is 11.8 Å². The molecule has 3 heteroatoms. The minimum atomic E-state index is 0.0728. The average Bonchev–Trinajstić information content (AvgIpc) is 2.70. The molecular formula is C15H10O2S. The summed E-state index contributed by atoms with van der Waals surface area (Å²) in [7, 11) is 0. The number of phenols is 1. The number of Topliss-reactive ketones (excluding diaryl/α,β-unsaturated/α-hetero) is 1. The second-order valence-electron chi connectivity index (χ2n) is 4.03. The van der Waals surface area contributed by atoms with Crippen molar-refractivity contribution in [3.05, 3.63) is 64.6 Å². The van der Waals surface area contributed by atoms with Crippen LogP contribution in [0.15, 0.2) is 58.3 Å². The number of phenolic OH excluding ortho intramolecular Hbond substituents is 1. The molecule has 0 saturated heterocycles. The van der Waals surface area contributed by atoms with Crippen LogP contribution in [-0.2, 0) is 0 Å². The molecule has 0 spiro atoms. The van der Waals surface area contributed by atoms with Gasteiger partial charge in [-0.25, -0.2) is 0 Å². The van der Waals surface area contributed by atoms with Crippen molar-refractivity contribution in [1.82, 2.24) is 0 Å². The SMILES string of the molecule is O=C1C(=Cc2ccc(O)cc2)Sc2ccccc21. The predicted molar refractivity (Wildman–Crippen MR) is 72.7 cm³/mol. The third-order valence-electron chi connectivity index (χ3n) is 2.77. The highest BCUT2D eigenvalue weighted by atomic mass is 32.2. The van der Waals surface area contributed by atoms with Gasteiger partial charge in [0.15, 0.2) is 0 Å². The Kier molecular flexibility index (Phi) is 2.68. The molecule has 2 aromatic carbocycles. The fourth-order valence-corrected chi connectivity index (χ4v) is 2.91. The fourth-order valence-electron chi connectivity index (χ4n) is 1.86. The standard InChI is InChI=1S/C15H10O2S/c16-11-7-5-10(6-8-11)9-14-15(17)12-3-1-2-4-13(12)18-14/h1-9,16H. The Morgan fingerprint density at radius 1 is 1.00 bits per heavy atom. The Bertz CT molecular complexity index is 642. The summed E-state index contributed by atoms with van der Waals surface area (Å²) in [6.07, 6.45) is 1.85. The van der Waals surface area contributed by atoms with E-state index >= 15 is 0 Å². The summed E-state index contributed by atoms with van der Waals surface area (Å²) in [5, 5.41) is 9.22. The van der Waals surface area contributed by atoms with E-state index in [0.717, 1.165) is 20.9 Å². The van der Waals surface area contributed by atoms with E-state index in [4.69, 9.17) is 0 Å². The number of thioether (sulfide) groups is 1. The molecule has 88 valence electrons. The smallest absolute Gasteiger partial charge is 0.200 e. The molecule has 2 aromatic rings. The number of ketones is 1. The van der Waals surface area contributed by atoms with Crippen LogP contribution in [0.5, 0.6) is 5.75 Å². The van der Waals surface area contributed by atoms with Crippen molar-refractivity contribution in [3.8, 4) is 5.75 Å². The Morgan fingerprint density at radius 2 is 1.72 bits per heavy atom. The Balaban J connectivity index is 1.97. The molecule has 1 aliphatic heterocycles. The van der Waals surface area contributed by atoms with Crippen LogP contribution in [0.1, 0.15) is 15.9 Å². The predicted octanol–water partition coefficient (Wildman–Crippen LogP) is 3.72. The van der Waals surface area contributed by atoms with Gasteiger partial charge in [-0.1, -0.05) is 36.0 Å². The summed E-state index contributed by atoms with van der Waals surface area (Å²) in [5.74, 6) is 0.300. The summed E-state index contributed by atoms with van der Waals surface area (Å²) in [4.78, 5) is 13.9. The Hall–Kier alpha value is -2.00. The normalized spacial score (nSPS) is 16.0. The molecule has 18 heavy (non-hydrogen) atoms. The molecule has 1 N–H and O–H groups in total. The van der Waals surface area contributed by atoms with Crippen molar-refractivity contribution in [2.75, 3.05) is 0 Å². The van der Waals surface area contributed by atoms with Gasteiger partial charge in [-0.05, 0) is 35.9 Å². The number of aromatic hydroxyl groups is 1. The lowest BCUT2D eigenvalue weighted by Gasteiger charge is -1.96. The number of carbonyl (C=O) groups is 1. The molecule has 0 unspecified atom stereocenters. The maximum Gasteiger partial charge on any atom is 0.200 e. The van der Waals surface area contributed by atoms with Crippen molar-refractivity contribution in [2.24, 2.45) is 0 Å². The lowest BCUT2D eigenvalue weighted by Crippen LogP contribution is -1.93.